The van der Waals surface area contributed by atoms with Gasteiger partial charge in [0.25, 0.3) is 5.91 Å². The number of alkyl halides is 3. The maximum atomic E-state index is 14.5. The van der Waals surface area contributed by atoms with Crippen molar-refractivity contribution in [3.63, 3.8) is 0 Å². The molecule has 3 unspecified atom stereocenters. The number of hydrogen-bond acceptors (Lipinski definition) is 8. The van der Waals surface area contributed by atoms with E-state index in [9.17, 15) is 36.0 Å². The van der Waals surface area contributed by atoms with Crippen molar-refractivity contribution in [2.45, 2.75) is 81.0 Å². The molecule has 2 aliphatic heterocycles. The molecule has 0 aromatic heterocycles. The summed E-state index contributed by atoms with van der Waals surface area (Å²) in [7, 11) is -4.17. The Morgan fingerprint density at radius 3 is 2.20 bits per heavy atom. The van der Waals surface area contributed by atoms with Gasteiger partial charge in [-0.25, -0.2) is 23.0 Å². The molecular weight excluding hydrogens is 603 g/mol. The van der Waals surface area contributed by atoms with Gasteiger partial charge in [-0.05, 0) is 70.9 Å². The maximum Gasteiger partial charge on any atom is 0.416 e. The van der Waals surface area contributed by atoms with E-state index in [0.717, 1.165) is 22.7 Å². The number of aryl methyl sites for hydroxylation is 1. The number of sulfone groups is 1. The molecule has 2 saturated heterocycles. The molecule has 0 spiro atoms. The molecule has 44 heavy (non-hydrogen) atoms. The van der Waals surface area contributed by atoms with Gasteiger partial charge in [-0.3, -0.25) is 9.80 Å². The van der Waals surface area contributed by atoms with Crippen molar-refractivity contribution >= 4 is 27.8 Å². The van der Waals surface area contributed by atoms with Crippen molar-refractivity contribution in [3.8, 4) is 0 Å². The normalized spacial score (nSPS) is 22.8. The summed E-state index contributed by atoms with van der Waals surface area (Å²) in [5, 5.41) is 3.71. The highest BCUT2D eigenvalue weighted by atomic mass is 32.2. The molecule has 3 atom stereocenters. The van der Waals surface area contributed by atoms with Crippen LogP contribution in [0.4, 0.5) is 18.0 Å². The molecule has 1 N–H and O–H groups in total. The molecule has 2 aromatic rings. The smallest absolute Gasteiger partial charge is 0.416 e. The molecule has 14 heteroatoms. The number of fused-ring (bicyclic) bond motifs is 1. The van der Waals surface area contributed by atoms with Gasteiger partial charge in [-0.15, -0.1) is 0 Å². The third-order valence-corrected chi connectivity index (χ3v) is 9.66. The van der Waals surface area contributed by atoms with Gasteiger partial charge in [0.2, 0.25) is 0 Å². The van der Waals surface area contributed by atoms with Crippen molar-refractivity contribution in [2.24, 2.45) is 0 Å². The standard InChI is InChI=1S/C30H36F3N3O7S/c1-6-42-25(37)24-23(44(40,41)22-13-7-19(2)8-14-22)18-35-16-15-29(26(38)36(24)35,34-27(39)43-28(3,4)5)17-20-9-11-21(12-10-20)30(31,32)33/h7-14,23-24H,6,15-18H2,1-5H3,(H,34,39). The Hall–Kier alpha value is -3.65. The van der Waals surface area contributed by atoms with Gasteiger partial charge < -0.3 is 14.8 Å². The van der Waals surface area contributed by atoms with E-state index in [0.29, 0.717) is 5.56 Å². The Labute approximate surface area is 254 Å². The topological polar surface area (TPSA) is 122 Å². The van der Waals surface area contributed by atoms with Gasteiger partial charge in [0.1, 0.15) is 16.4 Å². The second kappa shape index (κ2) is 12.0. The molecule has 0 radical (unpaired) electrons. The Morgan fingerprint density at radius 1 is 1.05 bits per heavy atom. The van der Waals surface area contributed by atoms with E-state index in [4.69, 9.17) is 9.47 Å². The van der Waals surface area contributed by atoms with Crippen LogP contribution in [0.1, 0.15) is 50.8 Å². The highest BCUT2D eigenvalue weighted by Crippen LogP contribution is 2.38. The molecule has 2 aromatic carbocycles. The van der Waals surface area contributed by atoms with Gasteiger partial charge >= 0.3 is 18.2 Å². The molecule has 4 rings (SSSR count). The summed E-state index contributed by atoms with van der Waals surface area (Å²) in [4.78, 5) is 40.9. The van der Waals surface area contributed by atoms with Crippen LogP contribution in [0.25, 0.3) is 0 Å². The van der Waals surface area contributed by atoms with Crippen LogP contribution in [0.5, 0.6) is 0 Å². The third kappa shape index (κ3) is 6.85. The first-order valence-corrected chi connectivity index (χ1v) is 15.7. The zero-order valence-corrected chi connectivity index (χ0v) is 25.9. The van der Waals surface area contributed by atoms with Crippen LogP contribution in [0, 0.1) is 6.92 Å². The minimum Gasteiger partial charge on any atom is -0.464 e. The van der Waals surface area contributed by atoms with Gasteiger partial charge in [0.15, 0.2) is 15.9 Å². The number of carbonyl (C=O) groups is 3. The number of benzene rings is 2. The van der Waals surface area contributed by atoms with Crippen LogP contribution in [-0.2, 0) is 41.5 Å². The summed E-state index contributed by atoms with van der Waals surface area (Å²) in [6.07, 6.45) is -5.83. The molecule has 2 amide bonds. The summed E-state index contributed by atoms with van der Waals surface area (Å²) in [5.41, 5.74) is -2.49. The fourth-order valence-electron chi connectivity index (χ4n) is 5.46. The largest absolute Gasteiger partial charge is 0.464 e. The first-order valence-electron chi connectivity index (χ1n) is 14.1. The van der Waals surface area contributed by atoms with Crippen LogP contribution in [0.3, 0.4) is 0 Å². The number of hydrazine groups is 1. The fourth-order valence-corrected chi connectivity index (χ4v) is 7.26. The second-order valence-electron chi connectivity index (χ2n) is 12.0. The van der Waals surface area contributed by atoms with Gasteiger partial charge in [0, 0.05) is 19.5 Å². The summed E-state index contributed by atoms with van der Waals surface area (Å²) < 4.78 is 78.0. The van der Waals surface area contributed by atoms with Crippen molar-refractivity contribution in [3.05, 3.63) is 65.2 Å². The molecule has 0 bridgehead atoms. The Morgan fingerprint density at radius 2 is 1.66 bits per heavy atom. The number of esters is 1. The van der Waals surface area contributed by atoms with Gasteiger partial charge in [-0.2, -0.15) is 13.2 Å². The molecule has 0 saturated carbocycles. The van der Waals surface area contributed by atoms with Crippen molar-refractivity contribution in [1.29, 1.82) is 0 Å². The summed E-state index contributed by atoms with van der Waals surface area (Å²) in [6.45, 7) is 7.97. The number of carbonyl (C=O) groups excluding carboxylic acids is 3. The lowest BCUT2D eigenvalue weighted by atomic mass is 9.84. The van der Waals surface area contributed by atoms with Crippen molar-refractivity contribution in [2.75, 3.05) is 19.7 Å². The van der Waals surface area contributed by atoms with E-state index < -0.39 is 62.0 Å². The first-order chi connectivity index (χ1) is 20.4. The van der Waals surface area contributed by atoms with Gasteiger partial charge in [-0.1, -0.05) is 29.8 Å². The highest BCUT2D eigenvalue weighted by molar-refractivity contribution is 7.92. The zero-order chi connectivity index (χ0) is 32.7. The summed E-state index contributed by atoms with van der Waals surface area (Å²) in [6, 6.07) is 8.69. The Kier molecular flexibility index (Phi) is 9.09. The fraction of sp³-hybridized carbons (Fsp3) is 0.500. The molecule has 10 nitrogen and oxygen atoms in total. The summed E-state index contributed by atoms with van der Waals surface area (Å²) >= 11 is 0. The van der Waals surface area contributed by atoms with E-state index in [2.05, 4.69) is 5.32 Å². The van der Waals surface area contributed by atoms with Crippen molar-refractivity contribution < 1.29 is 45.4 Å². The van der Waals surface area contributed by atoms with Crippen LogP contribution in [-0.4, -0.2) is 78.5 Å². The van der Waals surface area contributed by atoms with E-state index in [-0.39, 0.29) is 37.4 Å². The number of alkyl carbamates (subject to hydrolysis) is 1. The number of nitrogens with zero attached hydrogens (tertiary/aromatic N) is 2. The molecule has 240 valence electrons. The lowest BCUT2D eigenvalue weighted by molar-refractivity contribution is -0.173. The van der Waals surface area contributed by atoms with Crippen molar-refractivity contribution in [1.82, 2.24) is 15.3 Å². The zero-order valence-electron chi connectivity index (χ0n) is 25.1. The Balaban J connectivity index is 1.77. The lowest BCUT2D eigenvalue weighted by Crippen LogP contribution is -2.69. The lowest BCUT2D eigenvalue weighted by Gasteiger charge is -2.46. The van der Waals surface area contributed by atoms with Crippen LogP contribution in [0.2, 0.25) is 0 Å². The minimum absolute atomic E-state index is 0.0289. The Bertz CT molecular complexity index is 1510. The van der Waals surface area contributed by atoms with Crippen LogP contribution < -0.4 is 5.32 Å². The first kappa shape index (κ1) is 33.2. The summed E-state index contributed by atoms with van der Waals surface area (Å²) in [5.74, 6) is -1.75. The van der Waals surface area contributed by atoms with E-state index >= 15 is 0 Å². The number of rotatable bonds is 7. The van der Waals surface area contributed by atoms with E-state index in [1.807, 2.05) is 0 Å². The molecule has 2 heterocycles. The SMILES string of the molecule is CCOC(=O)C1C(S(=O)(=O)c2ccc(C)cc2)CN2CCC(Cc3ccc(C(F)(F)F)cc3)(NC(=O)OC(C)(C)C)C(=O)N12. The highest BCUT2D eigenvalue weighted by Gasteiger charge is 2.60. The number of hydrogen-bond donors (Lipinski definition) is 1. The number of ether oxygens (including phenoxy) is 2. The average Bonchev–Trinajstić information content (AvgIpc) is 3.31. The average molecular weight is 640 g/mol. The number of halogens is 3. The van der Waals surface area contributed by atoms with E-state index in [1.165, 1.54) is 29.3 Å². The second-order valence-corrected chi connectivity index (χ2v) is 14.2. The van der Waals surface area contributed by atoms with Crippen LogP contribution >= 0.6 is 0 Å². The monoisotopic (exact) mass is 639 g/mol. The van der Waals surface area contributed by atoms with E-state index in [1.54, 1.807) is 46.8 Å². The quantitative estimate of drug-likeness (QED) is 0.451. The van der Waals surface area contributed by atoms with Gasteiger partial charge in [0.05, 0.1) is 17.1 Å². The molecular formula is C30H36F3N3O7S. The van der Waals surface area contributed by atoms with Crippen LogP contribution in [0.15, 0.2) is 53.4 Å². The predicted molar refractivity (Wildman–Crippen MR) is 153 cm³/mol. The predicted octanol–water partition coefficient (Wildman–Crippen LogP) is 4.06. The number of nitrogens with one attached hydrogen (secondary N) is 1. The molecule has 2 fully saturated rings. The maximum absolute atomic E-state index is 14.5. The minimum atomic E-state index is -4.58. The number of amides is 2. The molecule has 0 aliphatic carbocycles. The third-order valence-electron chi connectivity index (χ3n) is 7.53. The molecule has 2 aliphatic rings.